The van der Waals surface area contributed by atoms with Gasteiger partial charge < -0.3 is 15.4 Å². The Morgan fingerprint density at radius 3 is 2.62 bits per heavy atom. The maximum atomic E-state index is 5.04. The lowest BCUT2D eigenvalue weighted by atomic mass is 10.1. The van der Waals surface area contributed by atoms with Gasteiger partial charge in [0.15, 0.2) is 5.96 Å². The molecule has 2 N–H and O–H groups in total. The van der Waals surface area contributed by atoms with Gasteiger partial charge in [0, 0.05) is 32.9 Å². The lowest BCUT2D eigenvalue weighted by Crippen LogP contribution is -2.38. The van der Waals surface area contributed by atoms with Crippen molar-refractivity contribution in [3.63, 3.8) is 0 Å². The van der Waals surface area contributed by atoms with Crippen LogP contribution in [-0.2, 0) is 11.3 Å². The second-order valence-electron chi connectivity index (χ2n) is 5.31. The van der Waals surface area contributed by atoms with Crippen LogP contribution in [0.4, 0.5) is 0 Å². The number of benzene rings is 1. The normalized spacial score (nSPS) is 11.1. The van der Waals surface area contributed by atoms with E-state index in [4.69, 9.17) is 4.74 Å². The van der Waals surface area contributed by atoms with Crippen LogP contribution in [0.1, 0.15) is 17.0 Å². The molecule has 0 aliphatic carbocycles. The fourth-order valence-corrected chi connectivity index (χ4v) is 2.41. The van der Waals surface area contributed by atoms with Crippen molar-refractivity contribution >= 4 is 29.9 Å². The van der Waals surface area contributed by atoms with Crippen LogP contribution in [0.25, 0.3) is 5.69 Å². The van der Waals surface area contributed by atoms with E-state index in [1.807, 2.05) is 23.7 Å². The van der Waals surface area contributed by atoms with E-state index >= 15 is 0 Å². The molecule has 2 aromatic rings. The summed E-state index contributed by atoms with van der Waals surface area (Å²) in [7, 11) is 3.44. The minimum atomic E-state index is 0. The molecule has 6 nitrogen and oxygen atoms in total. The predicted molar refractivity (Wildman–Crippen MR) is 109 cm³/mol. The summed E-state index contributed by atoms with van der Waals surface area (Å²) < 4.78 is 7.01. The highest BCUT2D eigenvalue weighted by Gasteiger charge is 2.09. The van der Waals surface area contributed by atoms with Crippen molar-refractivity contribution in [1.82, 2.24) is 20.4 Å². The van der Waals surface area contributed by atoms with Crippen LogP contribution in [0.5, 0.6) is 0 Å². The molecule has 0 saturated carbocycles. The van der Waals surface area contributed by atoms with Crippen molar-refractivity contribution in [3.05, 3.63) is 47.3 Å². The average Bonchev–Trinajstić information content (AvgIpc) is 2.89. The summed E-state index contributed by atoms with van der Waals surface area (Å²) in [5, 5.41) is 11.1. The average molecular weight is 443 g/mol. The molecule has 7 heteroatoms. The molecule has 0 spiro atoms. The zero-order valence-corrected chi connectivity index (χ0v) is 17.0. The molecule has 1 heterocycles. The largest absolute Gasteiger partial charge is 0.383 e. The second-order valence-corrected chi connectivity index (χ2v) is 5.31. The Bertz CT molecular complexity index is 669. The first-order valence-electron chi connectivity index (χ1n) is 7.70. The summed E-state index contributed by atoms with van der Waals surface area (Å²) in [5.74, 6) is 0.755. The minimum Gasteiger partial charge on any atom is -0.383 e. The number of halogens is 1. The van der Waals surface area contributed by atoms with Gasteiger partial charge in [-0.15, -0.1) is 24.0 Å². The highest BCUT2D eigenvalue weighted by atomic mass is 127. The van der Waals surface area contributed by atoms with E-state index in [1.54, 1.807) is 14.2 Å². The fraction of sp³-hybridized carbons (Fsp3) is 0.412. The Morgan fingerprint density at radius 2 is 2.00 bits per heavy atom. The number of aliphatic imine (C=N–C) groups is 1. The van der Waals surface area contributed by atoms with Gasteiger partial charge in [0.1, 0.15) is 0 Å². The highest BCUT2D eigenvalue weighted by molar-refractivity contribution is 14.0. The smallest absolute Gasteiger partial charge is 0.191 e. The molecule has 0 radical (unpaired) electrons. The van der Waals surface area contributed by atoms with Crippen LogP contribution in [0, 0.1) is 13.8 Å². The highest BCUT2D eigenvalue weighted by Crippen LogP contribution is 2.16. The quantitative estimate of drug-likeness (QED) is 0.312. The number of hydrogen-bond acceptors (Lipinski definition) is 3. The van der Waals surface area contributed by atoms with E-state index in [-0.39, 0.29) is 24.0 Å². The molecule has 0 unspecified atom stereocenters. The Balaban J connectivity index is 0.00000288. The number of hydrogen-bond donors (Lipinski definition) is 2. The van der Waals surface area contributed by atoms with Gasteiger partial charge in [-0.2, -0.15) is 5.10 Å². The maximum absolute atomic E-state index is 5.04. The number of nitrogens with one attached hydrogen (secondary N) is 2. The van der Waals surface area contributed by atoms with Gasteiger partial charge in [0.25, 0.3) is 0 Å². The van der Waals surface area contributed by atoms with Crippen molar-refractivity contribution in [1.29, 1.82) is 0 Å². The number of para-hydroxylation sites is 1. The van der Waals surface area contributed by atoms with Crippen LogP contribution in [0.15, 0.2) is 35.3 Å². The van der Waals surface area contributed by atoms with E-state index in [1.165, 1.54) is 0 Å². The second kappa shape index (κ2) is 10.3. The van der Waals surface area contributed by atoms with E-state index in [0.29, 0.717) is 13.2 Å². The summed E-state index contributed by atoms with van der Waals surface area (Å²) in [4.78, 5) is 4.22. The van der Waals surface area contributed by atoms with Crippen molar-refractivity contribution in [3.8, 4) is 5.69 Å². The molecule has 0 atom stereocenters. The molecule has 132 valence electrons. The van der Waals surface area contributed by atoms with E-state index in [2.05, 4.69) is 45.8 Å². The van der Waals surface area contributed by atoms with Crippen molar-refractivity contribution in [2.75, 3.05) is 27.3 Å². The molecule has 1 aromatic carbocycles. The summed E-state index contributed by atoms with van der Waals surface area (Å²) in [6, 6.07) is 10.3. The SMILES string of the molecule is CN=C(NCCOC)NCc1ccccc1-n1nc(C)cc1C.I. The monoisotopic (exact) mass is 443 g/mol. The van der Waals surface area contributed by atoms with Crippen LogP contribution in [-0.4, -0.2) is 43.0 Å². The minimum absolute atomic E-state index is 0. The van der Waals surface area contributed by atoms with E-state index in [0.717, 1.165) is 35.1 Å². The standard InChI is InChI=1S/C17H25N5O.HI/c1-13-11-14(2)22(21-13)16-8-6-5-7-15(16)12-20-17(18-3)19-9-10-23-4;/h5-8,11H,9-10,12H2,1-4H3,(H2,18,19,20);1H. The zero-order valence-electron chi connectivity index (χ0n) is 14.7. The van der Waals surface area contributed by atoms with E-state index < -0.39 is 0 Å². The number of methoxy groups -OCH3 is 1. The number of nitrogens with zero attached hydrogens (tertiary/aromatic N) is 3. The van der Waals surface area contributed by atoms with Gasteiger partial charge in [-0.1, -0.05) is 18.2 Å². The van der Waals surface area contributed by atoms with E-state index in [9.17, 15) is 0 Å². The molecule has 0 bridgehead atoms. The van der Waals surface area contributed by atoms with Crippen LogP contribution in [0.2, 0.25) is 0 Å². The molecule has 0 aliphatic heterocycles. The van der Waals surface area contributed by atoms with Crippen molar-refractivity contribution < 1.29 is 4.74 Å². The van der Waals surface area contributed by atoms with Crippen LogP contribution >= 0.6 is 24.0 Å². The third kappa shape index (κ3) is 5.48. The lowest BCUT2D eigenvalue weighted by molar-refractivity contribution is 0.203. The lowest BCUT2D eigenvalue weighted by Gasteiger charge is -2.15. The number of ether oxygens (including phenoxy) is 1. The van der Waals surface area contributed by atoms with Gasteiger partial charge in [-0.25, -0.2) is 4.68 Å². The Hall–Kier alpha value is -1.61. The first-order chi connectivity index (χ1) is 11.2. The molecule has 24 heavy (non-hydrogen) atoms. The molecule has 0 amide bonds. The molecule has 2 rings (SSSR count). The van der Waals surface area contributed by atoms with Crippen molar-refractivity contribution in [2.45, 2.75) is 20.4 Å². The van der Waals surface area contributed by atoms with Crippen molar-refractivity contribution in [2.24, 2.45) is 4.99 Å². The topological polar surface area (TPSA) is 63.5 Å². The van der Waals surface area contributed by atoms with Crippen LogP contribution in [0.3, 0.4) is 0 Å². The number of guanidine groups is 1. The molecule has 0 saturated heterocycles. The third-order valence-corrected chi connectivity index (χ3v) is 3.50. The summed E-state index contributed by atoms with van der Waals surface area (Å²) in [5.41, 5.74) is 4.38. The van der Waals surface area contributed by atoms with Gasteiger partial charge in [0.2, 0.25) is 0 Å². The molecular weight excluding hydrogens is 417 g/mol. The first-order valence-corrected chi connectivity index (χ1v) is 7.70. The first kappa shape index (κ1) is 20.4. The van der Waals surface area contributed by atoms with Gasteiger partial charge in [-0.3, -0.25) is 4.99 Å². The Morgan fingerprint density at radius 1 is 1.25 bits per heavy atom. The number of rotatable bonds is 6. The molecule has 0 fully saturated rings. The zero-order chi connectivity index (χ0) is 16.7. The molecular formula is C17H26IN5O. The van der Waals surface area contributed by atoms with Crippen LogP contribution < -0.4 is 10.6 Å². The number of aromatic nitrogens is 2. The third-order valence-electron chi connectivity index (χ3n) is 3.50. The summed E-state index contributed by atoms with van der Waals surface area (Å²) in [6.07, 6.45) is 0. The van der Waals surface area contributed by atoms with Gasteiger partial charge in [0.05, 0.1) is 18.0 Å². The molecule has 0 aliphatic rings. The summed E-state index contributed by atoms with van der Waals surface area (Å²) >= 11 is 0. The predicted octanol–water partition coefficient (Wildman–Crippen LogP) is 2.42. The molecule has 1 aromatic heterocycles. The fourth-order valence-electron chi connectivity index (χ4n) is 2.41. The maximum Gasteiger partial charge on any atom is 0.191 e. The van der Waals surface area contributed by atoms with Gasteiger partial charge >= 0.3 is 0 Å². The number of aryl methyl sites for hydroxylation is 2. The Labute approximate surface area is 160 Å². The Kier molecular flexibility index (Phi) is 8.77. The van der Waals surface area contributed by atoms with Gasteiger partial charge in [-0.05, 0) is 31.5 Å². The summed E-state index contributed by atoms with van der Waals surface area (Å²) in [6.45, 7) is 6.10.